The highest BCUT2D eigenvalue weighted by Gasteiger charge is 2.30. The summed E-state index contributed by atoms with van der Waals surface area (Å²) in [5.74, 6) is -0.324. The van der Waals surface area contributed by atoms with Gasteiger partial charge in [0.15, 0.2) is 0 Å². The van der Waals surface area contributed by atoms with Gasteiger partial charge in [-0.2, -0.15) is 0 Å². The molecule has 0 aliphatic carbocycles. The number of aryl methyl sites for hydroxylation is 1. The van der Waals surface area contributed by atoms with Gasteiger partial charge in [-0.15, -0.1) is 0 Å². The van der Waals surface area contributed by atoms with E-state index in [0.29, 0.717) is 18.0 Å². The fraction of sp³-hybridized carbons (Fsp3) is 0.391. The molecule has 174 valence electrons. The Morgan fingerprint density at radius 2 is 1.81 bits per heavy atom. The first kappa shape index (κ1) is 25.2. The number of rotatable bonds is 10. The lowest BCUT2D eigenvalue weighted by molar-refractivity contribution is -0.139. The Bertz CT molecular complexity index is 1060. The molecule has 8 nitrogen and oxygen atoms in total. The number of likely N-dealkylation sites (N-methyl/N-ethyl adjacent to an activating group) is 1. The van der Waals surface area contributed by atoms with Gasteiger partial charge in [0.2, 0.25) is 21.8 Å². The number of sulfonamides is 1. The van der Waals surface area contributed by atoms with Gasteiger partial charge >= 0.3 is 0 Å². The lowest BCUT2D eigenvalue weighted by Crippen LogP contribution is -2.51. The van der Waals surface area contributed by atoms with Gasteiger partial charge in [-0.3, -0.25) is 13.9 Å². The Labute approximate surface area is 190 Å². The van der Waals surface area contributed by atoms with E-state index in [-0.39, 0.29) is 12.5 Å². The number of nitrogens with one attached hydrogen (secondary N) is 1. The number of carbonyl (C=O) groups is 2. The summed E-state index contributed by atoms with van der Waals surface area (Å²) in [5, 5.41) is 2.73. The van der Waals surface area contributed by atoms with Crippen molar-refractivity contribution >= 4 is 27.5 Å². The third kappa shape index (κ3) is 6.71. The maximum Gasteiger partial charge on any atom is 0.244 e. The SMILES string of the molecule is CCNC(=O)[C@H](C)N(Cc1cccc(C)c1)C(=O)CN(c1cccc(OC)c1)S(C)(=O)=O. The Morgan fingerprint density at radius 1 is 1.12 bits per heavy atom. The summed E-state index contributed by atoms with van der Waals surface area (Å²) in [6.07, 6.45) is 1.04. The van der Waals surface area contributed by atoms with Crippen LogP contribution in [0.4, 0.5) is 5.69 Å². The van der Waals surface area contributed by atoms with Crippen LogP contribution in [0.2, 0.25) is 0 Å². The fourth-order valence-corrected chi connectivity index (χ4v) is 4.13. The van der Waals surface area contributed by atoms with Crippen LogP contribution < -0.4 is 14.4 Å². The van der Waals surface area contributed by atoms with Crippen molar-refractivity contribution in [2.45, 2.75) is 33.4 Å². The zero-order valence-corrected chi connectivity index (χ0v) is 20.0. The van der Waals surface area contributed by atoms with Gasteiger partial charge in [-0.1, -0.05) is 35.9 Å². The number of nitrogens with zero attached hydrogens (tertiary/aromatic N) is 2. The largest absolute Gasteiger partial charge is 0.497 e. The predicted molar refractivity (Wildman–Crippen MR) is 125 cm³/mol. The van der Waals surface area contributed by atoms with E-state index in [0.717, 1.165) is 21.7 Å². The molecule has 0 saturated heterocycles. The van der Waals surface area contributed by atoms with E-state index in [1.165, 1.54) is 12.0 Å². The molecule has 0 heterocycles. The van der Waals surface area contributed by atoms with Crippen molar-refractivity contribution < 1.29 is 22.7 Å². The van der Waals surface area contributed by atoms with Crippen LogP contribution in [0.15, 0.2) is 48.5 Å². The van der Waals surface area contributed by atoms with Crippen molar-refractivity contribution in [1.82, 2.24) is 10.2 Å². The van der Waals surface area contributed by atoms with E-state index in [2.05, 4.69) is 5.32 Å². The van der Waals surface area contributed by atoms with Crippen molar-refractivity contribution in [3.63, 3.8) is 0 Å². The number of methoxy groups -OCH3 is 1. The molecule has 2 amide bonds. The first-order valence-electron chi connectivity index (χ1n) is 10.3. The smallest absolute Gasteiger partial charge is 0.244 e. The summed E-state index contributed by atoms with van der Waals surface area (Å²) in [5.41, 5.74) is 2.18. The minimum Gasteiger partial charge on any atom is -0.497 e. The third-order valence-corrected chi connectivity index (χ3v) is 6.11. The highest BCUT2D eigenvalue weighted by molar-refractivity contribution is 7.92. The molecule has 2 aromatic rings. The topological polar surface area (TPSA) is 96.0 Å². The summed E-state index contributed by atoms with van der Waals surface area (Å²) in [7, 11) is -2.30. The van der Waals surface area contributed by atoms with Crippen LogP contribution >= 0.6 is 0 Å². The minimum absolute atomic E-state index is 0.175. The second kappa shape index (κ2) is 11.0. The van der Waals surface area contributed by atoms with Gasteiger partial charge in [-0.25, -0.2) is 8.42 Å². The standard InChI is InChI=1S/C23H31N3O5S/c1-6-24-23(28)18(3)25(15-19-10-7-9-17(2)13-19)22(27)16-26(32(5,29)30)20-11-8-12-21(14-20)31-4/h7-14,18H,6,15-16H2,1-5H3,(H,24,28)/t18-/m0/s1. The lowest BCUT2D eigenvalue weighted by atomic mass is 10.1. The maximum absolute atomic E-state index is 13.4. The molecule has 0 spiro atoms. The van der Waals surface area contributed by atoms with Crippen molar-refractivity contribution in [2.75, 3.05) is 30.8 Å². The number of hydrogen-bond donors (Lipinski definition) is 1. The fourth-order valence-electron chi connectivity index (χ4n) is 3.29. The molecule has 0 unspecified atom stereocenters. The Morgan fingerprint density at radius 3 is 2.41 bits per heavy atom. The highest BCUT2D eigenvalue weighted by atomic mass is 32.2. The van der Waals surface area contributed by atoms with Crippen LogP contribution in [0.3, 0.4) is 0 Å². The van der Waals surface area contributed by atoms with E-state index in [1.807, 2.05) is 31.2 Å². The molecule has 1 atom stereocenters. The molecule has 9 heteroatoms. The van der Waals surface area contributed by atoms with Crippen LogP contribution in [-0.2, 0) is 26.2 Å². The predicted octanol–water partition coefficient (Wildman–Crippen LogP) is 2.32. The second-order valence-corrected chi connectivity index (χ2v) is 9.46. The summed E-state index contributed by atoms with van der Waals surface area (Å²) < 4.78 is 31.3. The molecule has 0 bridgehead atoms. The van der Waals surface area contributed by atoms with Gasteiger partial charge in [0.05, 0.1) is 19.1 Å². The van der Waals surface area contributed by atoms with Crippen molar-refractivity contribution in [1.29, 1.82) is 0 Å². The first-order valence-corrected chi connectivity index (χ1v) is 12.2. The number of carbonyl (C=O) groups excluding carboxylic acids is 2. The molecule has 0 aliphatic heterocycles. The van der Waals surface area contributed by atoms with Crippen LogP contribution in [-0.4, -0.2) is 57.6 Å². The average Bonchev–Trinajstić information content (AvgIpc) is 2.74. The molecule has 2 aromatic carbocycles. The third-order valence-electron chi connectivity index (χ3n) is 4.97. The molecule has 2 rings (SSSR count). The van der Waals surface area contributed by atoms with E-state index in [4.69, 9.17) is 4.74 Å². The van der Waals surface area contributed by atoms with Gasteiger partial charge < -0.3 is 15.0 Å². The highest BCUT2D eigenvalue weighted by Crippen LogP contribution is 2.23. The molecule has 0 aliphatic rings. The summed E-state index contributed by atoms with van der Waals surface area (Å²) in [6, 6.07) is 13.3. The number of benzene rings is 2. The second-order valence-electron chi connectivity index (χ2n) is 7.55. The first-order chi connectivity index (χ1) is 15.1. The molecule has 32 heavy (non-hydrogen) atoms. The van der Waals surface area contributed by atoms with Gasteiger partial charge in [0, 0.05) is 19.2 Å². The molecule has 1 N–H and O–H groups in total. The number of ether oxygens (including phenoxy) is 1. The Hall–Kier alpha value is -3.07. The van der Waals surface area contributed by atoms with Gasteiger partial charge in [-0.05, 0) is 38.5 Å². The number of anilines is 1. The number of hydrogen-bond acceptors (Lipinski definition) is 5. The van der Waals surface area contributed by atoms with Crippen LogP contribution in [0.25, 0.3) is 0 Å². The van der Waals surface area contributed by atoms with Crippen LogP contribution in [0, 0.1) is 6.92 Å². The summed E-state index contributed by atoms with van der Waals surface area (Å²) in [6.45, 7) is 5.53. The normalized spacial score (nSPS) is 12.0. The summed E-state index contributed by atoms with van der Waals surface area (Å²) >= 11 is 0. The van der Waals surface area contributed by atoms with E-state index < -0.39 is 28.5 Å². The molecule has 0 saturated carbocycles. The Kier molecular flexibility index (Phi) is 8.65. The van der Waals surface area contributed by atoms with Crippen LogP contribution in [0.1, 0.15) is 25.0 Å². The molecule has 0 fully saturated rings. The number of amides is 2. The molecular formula is C23H31N3O5S. The van der Waals surface area contributed by atoms with E-state index >= 15 is 0 Å². The summed E-state index contributed by atoms with van der Waals surface area (Å²) in [4.78, 5) is 27.3. The Balaban J connectivity index is 2.39. The zero-order chi connectivity index (χ0) is 23.9. The zero-order valence-electron chi connectivity index (χ0n) is 19.2. The van der Waals surface area contributed by atoms with Gasteiger partial charge in [0.1, 0.15) is 18.3 Å². The molecule has 0 aromatic heterocycles. The van der Waals surface area contributed by atoms with Gasteiger partial charge in [0.25, 0.3) is 0 Å². The molecular weight excluding hydrogens is 430 g/mol. The maximum atomic E-state index is 13.4. The van der Waals surface area contributed by atoms with Crippen molar-refractivity contribution in [2.24, 2.45) is 0 Å². The van der Waals surface area contributed by atoms with E-state index in [9.17, 15) is 18.0 Å². The van der Waals surface area contributed by atoms with Crippen LogP contribution in [0.5, 0.6) is 5.75 Å². The monoisotopic (exact) mass is 461 g/mol. The van der Waals surface area contributed by atoms with Crippen molar-refractivity contribution in [3.8, 4) is 5.75 Å². The van der Waals surface area contributed by atoms with E-state index in [1.54, 1.807) is 38.1 Å². The minimum atomic E-state index is -3.78. The van der Waals surface area contributed by atoms with Crippen molar-refractivity contribution in [3.05, 3.63) is 59.7 Å². The molecule has 0 radical (unpaired) electrons. The quantitative estimate of drug-likeness (QED) is 0.586. The lowest BCUT2D eigenvalue weighted by Gasteiger charge is -2.31. The average molecular weight is 462 g/mol.